The smallest absolute Gasteiger partial charge is 0.411 e. The third-order valence-electron chi connectivity index (χ3n) is 5.99. The molecule has 2 aromatic rings. The Balaban J connectivity index is 1.79. The van der Waals surface area contributed by atoms with Crippen LogP contribution in [0.1, 0.15) is 48.2 Å². The lowest BCUT2D eigenvalue weighted by atomic mass is 9.88. The van der Waals surface area contributed by atoms with E-state index in [0.717, 1.165) is 23.4 Å². The summed E-state index contributed by atoms with van der Waals surface area (Å²) in [7, 11) is -3.70. The maximum atomic E-state index is 12.7. The molecule has 1 N–H and O–H groups in total. The van der Waals surface area contributed by atoms with Crippen molar-refractivity contribution in [3.8, 4) is 0 Å². The number of carbonyl (C=O) groups excluding carboxylic acids is 2. The van der Waals surface area contributed by atoms with Crippen molar-refractivity contribution in [1.29, 1.82) is 0 Å². The second-order valence-corrected chi connectivity index (χ2v) is 10.2. The predicted octanol–water partition coefficient (Wildman–Crippen LogP) is 4.99. The topological polar surface area (TPSA) is 96.4 Å². The third kappa shape index (κ3) is 7.28. The Morgan fingerprint density at radius 2 is 1.49 bits per heavy atom. The van der Waals surface area contributed by atoms with E-state index < -0.39 is 20.5 Å². The number of amides is 2. The van der Waals surface area contributed by atoms with Crippen molar-refractivity contribution in [3.63, 3.8) is 0 Å². The van der Waals surface area contributed by atoms with Crippen LogP contribution < -0.4 is 0 Å². The third-order valence-corrected chi connectivity index (χ3v) is 6.57. The second-order valence-electron chi connectivity index (χ2n) is 8.35. The Bertz CT molecular complexity index is 1080. The molecule has 8 nitrogen and oxygen atoms in total. The summed E-state index contributed by atoms with van der Waals surface area (Å²) in [6.45, 7) is 6.68. The van der Waals surface area contributed by atoms with Gasteiger partial charge in [0.05, 0.1) is 0 Å². The van der Waals surface area contributed by atoms with Crippen LogP contribution in [0.3, 0.4) is 0 Å². The zero-order valence-electron chi connectivity index (χ0n) is 20.5. The molecule has 0 saturated carbocycles. The van der Waals surface area contributed by atoms with Crippen LogP contribution in [0.15, 0.2) is 60.2 Å². The maximum absolute atomic E-state index is 12.7. The molecule has 0 aromatic heterocycles. The summed E-state index contributed by atoms with van der Waals surface area (Å²) in [5.74, 6) is 0.0203. The SMILES string of the molecule is CCN(CC)C(=O)c1ccc(C(=C2CCN(C(=O)OCOP(C)(=O)O)CC2)c2ccccc2)cc1. The molecular weight excluding hydrogens is 467 g/mol. The van der Waals surface area contributed by atoms with Crippen LogP contribution in [0.2, 0.25) is 0 Å². The first-order valence-corrected chi connectivity index (χ1v) is 13.8. The van der Waals surface area contributed by atoms with Crippen LogP contribution in [-0.4, -0.2) is 66.3 Å². The summed E-state index contributed by atoms with van der Waals surface area (Å²) >= 11 is 0. The largest absolute Gasteiger partial charge is 0.422 e. The zero-order valence-corrected chi connectivity index (χ0v) is 21.4. The van der Waals surface area contributed by atoms with Gasteiger partial charge in [-0.05, 0) is 55.5 Å². The molecule has 1 saturated heterocycles. The molecule has 0 spiro atoms. The second kappa shape index (κ2) is 12.2. The number of ether oxygens (including phenoxy) is 1. The van der Waals surface area contributed by atoms with Gasteiger partial charge in [-0.2, -0.15) is 0 Å². The highest BCUT2D eigenvalue weighted by Crippen LogP contribution is 2.36. The maximum Gasteiger partial charge on any atom is 0.411 e. The van der Waals surface area contributed by atoms with Gasteiger partial charge in [0.2, 0.25) is 6.79 Å². The highest BCUT2D eigenvalue weighted by molar-refractivity contribution is 7.51. The van der Waals surface area contributed by atoms with Gasteiger partial charge in [0, 0.05) is 38.4 Å². The fourth-order valence-corrected chi connectivity index (χ4v) is 4.38. The van der Waals surface area contributed by atoms with Crippen LogP contribution in [-0.2, 0) is 13.8 Å². The Labute approximate surface area is 206 Å². The Hall–Kier alpha value is -2.93. The van der Waals surface area contributed by atoms with E-state index in [0.29, 0.717) is 44.6 Å². The lowest BCUT2D eigenvalue weighted by Crippen LogP contribution is -2.37. The molecule has 3 rings (SSSR count). The molecule has 0 bridgehead atoms. The van der Waals surface area contributed by atoms with Crippen LogP contribution in [0.25, 0.3) is 5.57 Å². The number of hydrogen-bond donors (Lipinski definition) is 1. The Kier molecular flexibility index (Phi) is 9.26. The van der Waals surface area contributed by atoms with E-state index >= 15 is 0 Å². The first kappa shape index (κ1) is 26.7. The van der Waals surface area contributed by atoms with E-state index in [4.69, 9.17) is 9.63 Å². The van der Waals surface area contributed by atoms with Gasteiger partial charge in [-0.3, -0.25) is 13.9 Å². The van der Waals surface area contributed by atoms with Crippen molar-refractivity contribution in [2.24, 2.45) is 0 Å². The quantitative estimate of drug-likeness (QED) is 0.405. The van der Waals surface area contributed by atoms with Crippen LogP contribution in [0.5, 0.6) is 0 Å². The summed E-state index contributed by atoms with van der Waals surface area (Å²) in [5.41, 5.74) is 5.09. The van der Waals surface area contributed by atoms with Gasteiger partial charge in [0.25, 0.3) is 5.91 Å². The lowest BCUT2D eigenvalue weighted by Gasteiger charge is -2.29. The minimum atomic E-state index is -3.70. The van der Waals surface area contributed by atoms with Gasteiger partial charge in [-0.15, -0.1) is 0 Å². The minimum Gasteiger partial charge on any atom is -0.422 e. The molecule has 1 fully saturated rings. The van der Waals surface area contributed by atoms with Crippen molar-refractivity contribution < 1.29 is 28.3 Å². The summed E-state index contributed by atoms with van der Waals surface area (Å²) in [6, 6.07) is 17.8. The van der Waals surface area contributed by atoms with Crippen LogP contribution in [0, 0.1) is 0 Å². The number of rotatable bonds is 8. The molecule has 35 heavy (non-hydrogen) atoms. The summed E-state index contributed by atoms with van der Waals surface area (Å²) < 4.78 is 20.8. The standard InChI is InChI=1S/C26H33N2O6P/c1-4-27(5-2)25(29)23-13-11-21(12-14-23)24(20-9-7-6-8-10-20)22-15-17-28(18-16-22)26(30)33-19-34-35(3,31)32/h6-14H,4-5,15-19H2,1-3H3,(H,31,32). The van der Waals surface area contributed by atoms with Gasteiger partial charge in [-0.1, -0.05) is 48.0 Å². The highest BCUT2D eigenvalue weighted by Gasteiger charge is 2.24. The molecule has 1 aliphatic rings. The molecule has 2 aromatic carbocycles. The van der Waals surface area contributed by atoms with Gasteiger partial charge in [0.1, 0.15) is 0 Å². The van der Waals surface area contributed by atoms with Crippen molar-refractivity contribution in [3.05, 3.63) is 76.9 Å². The highest BCUT2D eigenvalue weighted by atomic mass is 31.2. The molecule has 2 amide bonds. The van der Waals surface area contributed by atoms with Gasteiger partial charge in [-0.25, -0.2) is 4.79 Å². The summed E-state index contributed by atoms with van der Waals surface area (Å²) in [4.78, 5) is 37.5. The monoisotopic (exact) mass is 500 g/mol. The number of likely N-dealkylation sites (tertiary alicyclic amines) is 1. The average molecular weight is 501 g/mol. The molecule has 1 aliphatic heterocycles. The molecule has 9 heteroatoms. The molecule has 188 valence electrons. The number of piperidine rings is 1. The molecule has 0 aliphatic carbocycles. The fraction of sp³-hybridized carbons (Fsp3) is 0.385. The van der Waals surface area contributed by atoms with Crippen molar-refractivity contribution in [1.82, 2.24) is 9.80 Å². The first-order valence-electron chi connectivity index (χ1n) is 11.8. The first-order chi connectivity index (χ1) is 16.7. The predicted molar refractivity (Wildman–Crippen MR) is 135 cm³/mol. The average Bonchev–Trinajstić information content (AvgIpc) is 2.85. The number of benzene rings is 2. The van der Waals surface area contributed by atoms with E-state index in [1.165, 1.54) is 5.57 Å². The molecule has 0 radical (unpaired) electrons. The normalized spacial score (nSPS) is 15.3. The van der Waals surface area contributed by atoms with Crippen LogP contribution in [0.4, 0.5) is 4.79 Å². The number of nitrogens with zero attached hydrogens (tertiary/aromatic N) is 2. The molecule has 1 heterocycles. The van der Waals surface area contributed by atoms with Gasteiger partial charge in [0.15, 0.2) is 0 Å². The zero-order chi connectivity index (χ0) is 25.4. The fourth-order valence-electron chi connectivity index (χ4n) is 4.13. The number of hydrogen-bond acceptors (Lipinski definition) is 5. The molecule has 1 atom stereocenters. The van der Waals surface area contributed by atoms with E-state index in [9.17, 15) is 14.2 Å². The van der Waals surface area contributed by atoms with Crippen molar-refractivity contribution in [2.75, 3.05) is 39.6 Å². The van der Waals surface area contributed by atoms with E-state index in [-0.39, 0.29) is 5.91 Å². The molecule has 1 unspecified atom stereocenters. The number of carbonyl (C=O) groups is 2. The Morgan fingerprint density at radius 1 is 0.943 bits per heavy atom. The molecular formula is C26H33N2O6P. The Morgan fingerprint density at radius 3 is 2.03 bits per heavy atom. The minimum absolute atomic E-state index is 0.0203. The van der Waals surface area contributed by atoms with E-state index in [1.54, 1.807) is 9.80 Å². The lowest BCUT2D eigenvalue weighted by molar-refractivity contribution is 0.0296. The summed E-state index contributed by atoms with van der Waals surface area (Å²) in [5, 5.41) is 0. The van der Waals surface area contributed by atoms with Crippen molar-refractivity contribution >= 4 is 25.2 Å². The van der Waals surface area contributed by atoms with E-state index in [2.05, 4.69) is 16.7 Å². The van der Waals surface area contributed by atoms with Crippen LogP contribution >= 0.6 is 7.60 Å². The summed E-state index contributed by atoms with van der Waals surface area (Å²) in [6.07, 6.45) is 0.747. The van der Waals surface area contributed by atoms with Gasteiger partial charge < -0.3 is 19.4 Å². The van der Waals surface area contributed by atoms with Gasteiger partial charge >= 0.3 is 13.7 Å². The van der Waals surface area contributed by atoms with E-state index in [1.807, 2.05) is 56.3 Å². The van der Waals surface area contributed by atoms with Crippen molar-refractivity contribution in [2.45, 2.75) is 26.7 Å².